The topological polar surface area (TPSA) is 29.3 Å². The number of fused-ring (bicyclic) bond motifs is 1. The van der Waals surface area contributed by atoms with Gasteiger partial charge in [-0.2, -0.15) is 0 Å². The molecule has 0 spiro atoms. The summed E-state index contributed by atoms with van der Waals surface area (Å²) in [6, 6.07) is 5.66. The lowest BCUT2D eigenvalue weighted by atomic mass is 9.91. The van der Waals surface area contributed by atoms with Crippen molar-refractivity contribution in [1.29, 1.82) is 0 Å². The molecule has 2 nitrogen and oxygen atoms in total. The Hall–Kier alpha value is -1.09. The molecule has 1 saturated carbocycles. The quantitative estimate of drug-likeness (QED) is 0.814. The zero-order chi connectivity index (χ0) is 12.5. The normalized spacial score (nSPS) is 28.3. The summed E-state index contributed by atoms with van der Waals surface area (Å²) in [5.74, 6) is 0.682. The van der Waals surface area contributed by atoms with E-state index in [9.17, 15) is 4.39 Å². The lowest BCUT2D eigenvalue weighted by Crippen LogP contribution is -2.42. The Morgan fingerprint density at radius 3 is 2.89 bits per heavy atom. The van der Waals surface area contributed by atoms with Gasteiger partial charge in [0.25, 0.3) is 0 Å². The highest BCUT2D eigenvalue weighted by molar-refractivity contribution is 5.47. The molecule has 2 N–H and O–H groups in total. The molecule has 0 amide bonds. The zero-order valence-electron chi connectivity index (χ0n) is 10.7. The van der Waals surface area contributed by atoms with E-state index in [2.05, 4.69) is 4.90 Å². The van der Waals surface area contributed by atoms with Crippen LogP contribution in [0, 0.1) is 11.7 Å². The van der Waals surface area contributed by atoms with Gasteiger partial charge in [-0.15, -0.1) is 0 Å². The Kier molecular flexibility index (Phi) is 3.25. The van der Waals surface area contributed by atoms with Gasteiger partial charge < -0.3 is 5.73 Å². The van der Waals surface area contributed by atoms with E-state index in [1.807, 2.05) is 0 Å². The maximum absolute atomic E-state index is 13.8. The standard InChI is InChI=1S/C15H21FN2/c16-13-6-2-7-14(17)12(13)10-18-9-3-5-11-4-1-8-15(11)18/h2,6-7,11,15H,1,3-5,8-10,17H2. The second kappa shape index (κ2) is 4.88. The number of nitrogens with two attached hydrogens (primary N) is 1. The van der Waals surface area contributed by atoms with E-state index >= 15 is 0 Å². The number of nitrogens with zero attached hydrogens (tertiary/aromatic N) is 1. The average Bonchev–Trinajstić information content (AvgIpc) is 2.83. The number of nitrogen functional groups attached to an aromatic ring is 1. The summed E-state index contributed by atoms with van der Waals surface area (Å²) in [5, 5.41) is 0. The Morgan fingerprint density at radius 2 is 2.06 bits per heavy atom. The van der Waals surface area contributed by atoms with Gasteiger partial charge in [-0.1, -0.05) is 12.5 Å². The van der Waals surface area contributed by atoms with E-state index < -0.39 is 0 Å². The molecule has 1 aliphatic heterocycles. The van der Waals surface area contributed by atoms with Gasteiger partial charge in [0.1, 0.15) is 5.82 Å². The highest BCUT2D eigenvalue weighted by atomic mass is 19.1. The van der Waals surface area contributed by atoms with Crippen LogP contribution < -0.4 is 5.73 Å². The van der Waals surface area contributed by atoms with Crippen molar-refractivity contribution in [2.45, 2.75) is 44.7 Å². The predicted molar refractivity (Wildman–Crippen MR) is 71.6 cm³/mol. The van der Waals surface area contributed by atoms with Crippen LogP contribution in [0.3, 0.4) is 0 Å². The number of halogens is 1. The molecular formula is C15H21FN2. The summed E-state index contributed by atoms with van der Waals surface area (Å²) in [6.45, 7) is 1.77. The third-order valence-corrected chi connectivity index (χ3v) is 4.62. The smallest absolute Gasteiger partial charge is 0.129 e. The number of piperidine rings is 1. The summed E-state index contributed by atoms with van der Waals surface area (Å²) < 4.78 is 13.8. The summed E-state index contributed by atoms with van der Waals surface area (Å²) in [6.07, 6.45) is 6.56. The molecule has 18 heavy (non-hydrogen) atoms. The fourth-order valence-corrected chi connectivity index (χ4v) is 3.70. The van der Waals surface area contributed by atoms with Gasteiger partial charge in [0.15, 0.2) is 0 Å². The second-order valence-electron chi connectivity index (χ2n) is 5.68. The first kappa shape index (κ1) is 12.0. The third-order valence-electron chi connectivity index (χ3n) is 4.62. The van der Waals surface area contributed by atoms with Gasteiger partial charge in [0, 0.05) is 23.8 Å². The minimum Gasteiger partial charge on any atom is -0.398 e. The number of hydrogen-bond donors (Lipinski definition) is 1. The van der Waals surface area contributed by atoms with Crippen LogP contribution in [0.2, 0.25) is 0 Å². The van der Waals surface area contributed by atoms with Gasteiger partial charge >= 0.3 is 0 Å². The molecule has 2 fully saturated rings. The van der Waals surface area contributed by atoms with Crippen LogP contribution in [0.5, 0.6) is 0 Å². The fourth-order valence-electron chi connectivity index (χ4n) is 3.70. The highest BCUT2D eigenvalue weighted by Gasteiger charge is 2.35. The monoisotopic (exact) mass is 248 g/mol. The highest BCUT2D eigenvalue weighted by Crippen LogP contribution is 2.37. The van der Waals surface area contributed by atoms with Crippen molar-refractivity contribution in [3.8, 4) is 0 Å². The maximum atomic E-state index is 13.8. The van der Waals surface area contributed by atoms with Crippen LogP contribution in [0.4, 0.5) is 10.1 Å². The molecule has 1 aliphatic carbocycles. The van der Waals surface area contributed by atoms with Crippen LogP contribution in [-0.2, 0) is 6.54 Å². The molecule has 3 rings (SSSR count). The Morgan fingerprint density at radius 1 is 1.22 bits per heavy atom. The van der Waals surface area contributed by atoms with Crippen LogP contribution in [-0.4, -0.2) is 17.5 Å². The summed E-state index contributed by atoms with van der Waals surface area (Å²) >= 11 is 0. The Balaban J connectivity index is 1.79. The Bertz CT molecular complexity index is 412. The van der Waals surface area contributed by atoms with E-state index in [0.29, 0.717) is 23.8 Å². The molecule has 1 saturated heterocycles. The first-order valence-corrected chi connectivity index (χ1v) is 7.02. The van der Waals surface area contributed by atoms with Crippen molar-refractivity contribution in [3.63, 3.8) is 0 Å². The van der Waals surface area contributed by atoms with E-state index in [1.54, 1.807) is 12.1 Å². The number of benzene rings is 1. The molecular weight excluding hydrogens is 227 g/mol. The molecule has 2 aliphatic rings. The first-order chi connectivity index (χ1) is 8.75. The second-order valence-corrected chi connectivity index (χ2v) is 5.68. The molecule has 2 atom stereocenters. The van der Waals surface area contributed by atoms with E-state index in [1.165, 1.54) is 38.2 Å². The fraction of sp³-hybridized carbons (Fsp3) is 0.600. The predicted octanol–water partition coefficient (Wildman–Crippen LogP) is 3.17. The maximum Gasteiger partial charge on any atom is 0.129 e. The molecule has 0 bridgehead atoms. The molecule has 1 aromatic carbocycles. The molecule has 0 radical (unpaired) electrons. The van der Waals surface area contributed by atoms with Crippen LogP contribution in [0.15, 0.2) is 18.2 Å². The number of anilines is 1. The number of likely N-dealkylation sites (tertiary alicyclic amines) is 1. The van der Waals surface area contributed by atoms with Crippen molar-refractivity contribution < 1.29 is 4.39 Å². The van der Waals surface area contributed by atoms with Crippen molar-refractivity contribution in [2.75, 3.05) is 12.3 Å². The van der Waals surface area contributed by atoms with Gasteiger partial charge in [-0.25, -0.2) is 4.39 Å². The molecule has 2 unspecified atom stereocenters. The summed E-state index contributed by atoms with van der Waals surface area (Å²) in [4.78, 5) is 2.45. The summed E-state index contributed by atoms with van der Waals surface area (Å²) in [7, 11) is 0. The van der Waals surface area contributed by atoms with Gasteiger partial charge in [0.2, 0.25) is 0 Å². The molecule has 1 aromatic rings. The average molecular weight is 248 g/mol. The van der Waals surface area contributed by atoms with E-state index in [-0.39, 0.29) is 5.82 Å². The van der Waals surface area contributed by atoms with Crippen molar-refractivity contribution in [2.24, 2.45) is 5.92 Å². The third kappa shape index (κ3) is 2.12. The lowest BCUT2D eigenvalue weighted by Gasteiger charge is -2.38. The van der Waals surface area contributed by atoms with Gasteiger partial charge in [0.05, 0.1) is 0 Å². The SMILES string of the molecule is Nc1cccc(F)c1CN1CCCC2CCCC21. The van der Waals surface area contributed by atoms with Crippen LogP contribution in [0.25, 0.3) is 0 Å². The Labute approximate surface area is 108 Å². The van der Waals surface area contributed by atoms with Crippen molar-refractivity contribution in [3.05, 3.63) is 29.6 Å². The van der Waals surface area contributed by atoms with Crippen LogP contribution >= 0.6 is 0 Å². The van der Waals surface area contributed by atoms with Crippen molar-refractivity contribution >= 4 is 5.69 Å². The summed E-state index contributed by atoms with van der Waals surface area (Å²) in [5.41, 5.74) is 7.19. The largest absolute Gasteiger partial charge is 0.398 e. The first-order valence-electron chi connectivity index (χ1n) is 7.02. The molecule has 1 heterocycles. The lowest BCUT2D eigenvalue weighted by molar-refractivity contribution is 0.105. The number of hydrogen-bond acceptors (Lipinski definition) is 2. The molecule has 0 aromatic heterocycles. The minimum atomic E-state index is -0.157. The minimum absolute atomic E-state index is 0.157. The number of rotatable bonds is 2. The van der Waals surface area contributed by atoms with Gasteiger partial charge in [-0.05, 0) is 50.3 Å². The van der Waals surface area contributed by atoms with E-state index in [0.717, 1.165) is 12.5 Å². The molecule has 98 valence electrons. The van der Waals surface area contributed by atoms with Crippen molar-refractivity contribution in [1.82, 2.24) is 4.90 Å². The van der Waals surface area contributed by atoms with E-state index in [4.69, 9.17) is 5.73 Å². The zero-order valence-corrected chi connectivity index (χ0v) is 10.7. The van der Waals surface area contributed by atoms with Crippen LogP contribution in [0.1, 0.15) is 37.7 Å². The molecule has 3 heteroatoms. The van der Waals surface area contributed by atoms with Gasteiger partial charge in [-0.3, -0.25) is 4.90 Å².